The number of phenols is 1. The Labute approximate surface area is 117 Å². The molecule has 0 radical (unpaired) electrons. The van der Waals surface area contributed by atoms with Gasteiger partial charge in [0.1, 0.15) is 6.04 Å². The zero-order valence-electron chi connectivity index (χ0n) is 10.8. The number of nitro groups is 2. The van der Waals surface area contributed by atoms with Gasteiger partial charge in [0.2, 0.25) is 0 Å². The van der Waals surface area contributed by atoms with E-state index < -0.39 is 45.6 Å². The van der Waals surface area contributed by atoms with Gasteiger partial charge in [-0.3, -0.25) is 25.0 Å². The monoisotopic (exact) mass is 303 g/mol. The molecule has 116 valence electrons. The van der Waals surface area contributed by atoms with E-state index in [4.69, 9.17) is 15.9 Å². The summed E-state index contributed by atoms with van der Waals surface area (Å²) in [4.78, 5) is 28.7. The van der Waals surface area contributed by atoms with Gasteiger partial charge in [0.15, 0.2) is 5.75 Å². The summed E-state index contributed by atoms with van der Waals surface area (Å²) in [7, 11) is 0. The molecule has 11 nitrogen and oxygen atoms in total. The maximum absolute atomic E-state index is 10.4. The zero-order valence-corrected chi connectivity index (χ0v) is 10.8. The predicted molar refractivity (Wildman–Crippen MR) is 68.8 cm³/mol. The first-order valence-electron chi connectivity index (χ1n) is 5.33. The highest BCUT2D eigenvalue weighted by Crippen LogP contribution is 2.33. The van der Waals surface area contributed by atoms with Crippen molar-refractivity contribution in [1.29, 1.82) is 0 Å². The van der Waals surface area contributed by atoms with Gasteiger partial charge < -0.3 is 21.1 Å². The average molecular weight is 303 g/mol. The van der Waals surface area contributed by atoms with Crippen LogP contribution in [0.2, 0.25) is 0 Å². The van der Waals surface area contributed by atoms with Crippen LogP contribution in [0.4, 0.5) is 11.4 Å². The summed E-state index contributed by atoms with van der Waals surface area (Å²) in [6.45, 7) is 0.852. The van der Waals surface area contributed by atoms with E-state index in [9.17, 15) is 30.1 Å². The summed E-state index contributed by atoms with van der Waals surface area (Å²) in [5.74, 6) is -1.72. The Hall–Kier alpha value is -2.79. The summed E-state index contributed by atoms with van der Waals surface area (Å²) in [6, 6.07) is 0.671. The fraction of sp³-hybridized carbons (Fsp3) is 0.300. The number of non-ortho nitro benzene ring substituents is 1. The Balaban J connectivity index is 0.000000486. The van der Waals surface area contributed by atoms with Crippen LogP contribution in [0.25, 0.3) is 0 Å². The minimum atomic E-state index is -1.18. The smallest absolute Gasteiger partial charge is 0.322 e. The van der Waals surface area contributed by atoms with Gasteiger partial charge in [-0.05, 0) is 6.92 Å². The van der Waals surface area contributed by atoms with Crippen molar-refractivity contribution in [3.63, 3.8) is 0 Å². The number of aryl methyl sites for hydroxylation is 1. The van der Waals surface area contributed by atoms with Crippen molar-refractivity contribution in [3.8, 4) is 5.75 Å². The third kappa shape index (κ3) is 5.38. The highest BCUT2D eigenvalue weighted by molar-refractivity contribution is 5.73. The van der Waals surface area contributed by atoms with Crippen LogP contribution in [0.1, 0.15) is 5.56 Å². The first kappa shape index (κ1) is 18.2. The van der Waals surface area contributed by atoms with Crippen molar-refractivity contribution >= 4 is 17.3 Å². The van der Waals surface area contributed by atoms with Crippen molar-refractivity contribution in [2.45, 2.75) is 13.0 Å². The topological polar surface area (TPSA) is 190 Å². The molecule has 0 saturated carbocycles. The Kier molecular flexibility index (Phi) is 6.69. The van der Waals surface area contributed by atoms with E-state index >= 15 is 0 Å². The van der Waals surface area contributed by atoms with Gasteiger partial charge in [0, 0.05) is 11.6 Å². The predicted octanol–water partition coefficient (Wildman–Crippen LogP) is -0.0924. The van der Waals surface area contributed by atoms with Crippen LogP contribution in [-0.2, 0) is 4.79 Å². The molecule has 5 N–H and O–H groups in total. The number of nitrogens with zero attached hydrogens (tertiary/aromatic N) is 2. The maximum atomic E-state index is 10.4. The number of aliphatic hydroxyl groups is 1. The minimum Gasteiger partial charge on any atom is -0.502 e. The summed E-state index contributed by atoms with van der Waals surface area (Å²) in [5.41, 5.74) is 3.80. The second-order valence-corrected chi connectivity index (χ2v) is 3.77. The largest absolute Gasteiger partial charge is 0.502 e. The molecule has 11 heteroatoms. The van der Waals surface area contributed by atoms with E-state index in [2.05, 4.69) is 0 Å². The Morgan fingerprint density at radius 2 is 1.86 bits per heavy atom. The second kappa shape index (κ2) is 7.72. The number of aromatic hydroxyl groups is 1. The molecule has 0 spiro atoms. The van der Waals surface area contributed by atoms with E-state index in [0.29, 0.717) is 0 Å². The molecule has 0 heterocycles. The van der Waals surface area contributed by atoms with Gasteiger partial charge in [0.25, 0.3) is 5.69 Å². The molecule has 0 saturated heterocycles. The number of carboxylic acid groups (broad SMARTS) is 1. The molecule has 0 fully saturated rings. The van der Waals surface area contributed by atoms with Crippen LogP contribution in [0.15, 0.2) is 12.1 Å². The first-order chi connectivity index (χ1) is 9.61. The van der Waals surface area contributed by atoms with E-state index in [1.165, 1.54) is 6.92 Å². The molecule has 0 aromatic heterocycles. The molecular weight excluding hydrogens is 290 g/mol. The molecule has 1 unspecified atom stereocenters. The van der Waals surface area contributed by atoms with Gasteiger partial charge in [-0.15, -0.1) is 0 Å². The Morgan fingerprint density at radius 3 is 2.14 bits per heavy atom. The normalized spacial score (nSPS) is 11.0. The lowest BCUT2D eigenvalue weighted by atomic mass is 10.1. The van der Waals surface area contributed by atoms with Crippen LogP contribution in [0, 0.1) is 27.2 Å². The van der Waals surface area contributed by atoms with Gasteiger partial charge in [-0.1, -0.05) is 0 Å². The number of aliphatic carboxylic acids is 1. The molecule has 0 bridgehead atoms. The molecule has 1 atom stereocenters. The van der Waals surface area contributed by atoms with Gasteiger partial charge in [0.05, 0.1) is 22.5 Å². The third-order valence-electron chi connectivity index (χ3n) is 2.19. The molecule has 0 aliphatic heterocycles. The number of benzene rings is 1. The fourth-order valence-corrected chi connectivity index (χ4v) is 1.06. The van der Waals surface area contributed by atoms with Gasteiger partial charge in [-0.25, -0.2) is 0 Å². The number of rotatable bonds is 4. The highest BCUT2D eigenvalue weighted by atomic mass is 16.6. The van der Waals surface area contributed by atoms with Crippen LogP contribution in [0.5, 0.6) is 5.75 Å². The number of nitrogens with two attached hydrogens (primary N) is 1. The Morgan fingerprint density at radius 1 is 1.33 bits per heavy atom. The van der Waals surface area contributed by atoms with E-state index in [1.54, 1.807) is 0 Å². The summed E-state index contributed by atoms with van der Waals surface area (Å²) in [6.07, 6.45) is 0. The number of carboxylic acids is 1. The SMILES string of the molecule is Cc1cc([N+](=O)[O-])cc([N+](=O)[O-])c1O.NC(CO)C(=O)O. The first-order valence-corrected chi connectivity index (χ1v) is 5.33. The molecule has 1 aromatic carbocycles. The summed E-state index contributed by atoms with van der Waals surface area (Å²) >= 11 is 0. The number of hydrogen-bond acceptors (Lipinski definition) is 8. The third-order valence-corrected chi connectivity index (χ3v) is 2.19. The van der Waals surface area contributed by atoms with Crippen LogP contribution < -0.4 is 5.73 Å². The van der Waals surface area contributed by atoms with E-state index in [0.717, 1.165) is 12.1 Å². The molecule has 1 aromatic rings. The zero-order chi connectivity index (χ0) is 16.7. The molecule has 0 amide bonds. The highest BCUT2D eigenvalue weighted by Gasteiger charge is 2.21. The molecule has 1 rings (SSSR count). The van der Waals surface area contributed by atoms with Gasteiger partial charge >= 0.3 is 11.7 Å². The lowest BCUT2D eigenvalue weighted by molar-refractivity contribution is -0.394. The van der Waals surface area contributed by atoms with Crippen molar-refractivity contribution in [3.05, 3.63) is 37.9 Å². The minimum absolute atomic E-state index is 0.103. The molecular formula is C10H13N3O8. The number of phenolic OH excluding ortho intramolecular Hbond substituents is 1. The van der Waals surface area contributed by atoms with Crippen molar-refractivity contribution in [1.82, 2.24) is 0 Å². The van der Waals surface area contributed by atoms with Crippen LogP contribution >= 0.6 is 0 Å². The second-order valence-electron chi connectivity index (χ2n) is 3.77. The van der Waals surface area contributed by atoms with Crippen molar-refractivity contribution in [2.24, 2.45) is 5.73 Å². The number of nitro benzene ring substituents is 2. The molecule has 0 aliphatic rings. The molecule has 0 aliphatic carbocycles. The van der Waals surface area contributed by atoms with Crippen LogP contribution in [0.3, 0.4) is 0 Å². The number of hydrogen-bond donors (Lipinski definition) is 4. The molecule has 21 heavy (non-hydrogen) atoms. The summed E-state index contributed by atoms with van der Waals surface area (Å²) in [5, 5.41) is 45.8. The lowest BCUT2D eigenvalue weighted by Gasteiger charge is -1.99. The van der Waals surface area contributed by atoms with Gasteiger partial charge in [-0.2, -0.15) is 0 Å². The fourth-order valence-electron chi connectivity index (χ4n) is 1.06. The number of aliphatic hydroxyl groups excluding tert-OH is 1. The average Bonchev–Trinajstić information content (AvgIpc) is 2.40. The van der Waals surface area contributed by atoms with Crippen molar-refractivity contribution in [2.75, 3.05) is 6.61 Å². The summed E-state index contributed by atoms with van der Waals surface area (Å²) < 4.78 is 0. The van der Waals surface area contributed by atoms with Crippen LogP contribution in [-0.4, -0.2) is 43.8 Å². The quantitative estimate of drug-likeness (QED) is 0.434. The van der Waals surface area contributed by atoms with Crippen molar-refractivity contribution < 1.29 is 30.0 Å². The maximum Gasteiger partial charge on any atom is 0.322 e. The number of carbonyl (C=O) groups is 1. The standard InChI is InChI=1S/C7H6N2O5.C3H7NO3/c1-4-2-5(8(11)12)3-6(7(4)10)9(13)14;4-2(1-5)3(6)7/h2-3,10H,1H3;2,5H,1,4H2,(H,6,7). The van der Waals surface area contributed by atoms with E-state index in [1.807, 2.05) is 0 Å². The Bertz CT molecular complexity index is 559. The lowest BCUT2D eigenvalue weighted by Crippen LogP contribution is -2.33. The van der Waals surface area contributed by atoms with E-state index in [-0.39, 0.29) is 5.56 Å².